The Morgan fingerprint density at radius 2 is 1.54 bits per heavy atom. The first-order valence-electron chi connectivity index (χ1n) is 14.4. The first kappa shape index (κ1) is 26.7. The van der Waals surface area contributed by atoms with Crippen molar-refractivity contribution in [1.82, 2.24) is 4.98 Å². The summed E-state index contributed by atoms with van der Waals surface area (Å²) in [5.74, 6) is 1.20. The molecular formula is C38H36N2O. The second-order valence-corrected chi connectivity index (χ2v) is 12.3. The van der Waals surface area contributed by atoms with Crippen LogP contribution in [0, 0.1) is 5.92 Å². The molecule has 0 saturated heterocycles. The zero-order chi connectivity index (χ0) is 28.6. The van der Waals surface area contributed by atoms with Crippen molar-refractivity contribution in [3.8, 4) is 22.6 Å². The Labute approximate surface area is 242 Å². The highest BCUT2D eigenvalue weighted by molar-refractivity contribution is 6.01. The molecular weight excluding hydrogens is 500 g/mol. The van der Waals surface area contributed by atoms with Crippen LogP contribution in [-0.2, 0) is 11.8 Å². The highest BCUT2D eigenvalue weighted by Gasteiger charge is 2.21. The largest absolute Gasteiger partial charge is 0.436 e. The molecule has 204 valence electrons. The van der Waals surface area contributed by atoms with Crippen molar-refractivity contribution in [1.29, 1.82) is 0 Å². The van der Waals surface area contributed by atoms with Crippen LogP contribution in [0.2, 0.25) is 0 Å². The molecule has 5 aromatic carbocycles. The molecule has 0 aliphatic rings. The Kier molecular flexibility index (Phi) is 7.05. The lowest BCUT2D eigenvalue weighted by Crippen LogP contribution is -2.11. The molecule has 0 spiro atoms. The number of oxazole rings is 1. The summed E-state index contributed by atoms with van der Waals surface area (Å²) in [4.78, 5) is 10.00. The van der Waals surface area contributed by atoms with E-state index in [4.69, 9.17) is 14.4 Å². The van der Waals surface area contributed by atoms with Gasteiger partial charge in [0, 0.05) is 17.3 Å². The quantitative estimate of drug-likeness (QED) is 0.199. The van der Waals surface area contributed by atoms with Crippen molar-refractivity contribution in [3.05, 3.63) is 120 Å². The van der Waals surface area contributed by atoms with Crippen LogP contribution in [0.25, 0.3) is 44.5 Å². The van der Waals surface area contributed by atoms with Gasteiger partial charge in [0.05, 0.1) is 11.3 Å². The van der Waals surface area contributed by atoms with E-state index in [0.717, 1.165) is 45.5 Å². The highest BCUT2D eigenvalue weighted by Crippen LogP contribution is 2.38. The van der Waals surface area contributed by atoms with Gasteiger partial charge >= 0.3 is 0 Å². The van der Waals surface area contributed by atoms with Crippen LogP contribution in [0.5, 0.6) is 0 Å². The van der Waals surface area contributed by atoms with E-state index in [0.29, 0.717) is 11.8 Å². The number of aliphatic imine (C=N–C) groups is 1. The number of fused-ring (bicyclic) bond motifs is 2. The molecule has 0 fully saturated rings. The third kappa shape index (κ3) is 5.58. The number of rotatable bonds is 6. The smallest absolute Gasteiger partial charge is 0.229 e. The van der Waals surface area contributed by atoms with Gasteiger partial charge in [-0.3, -0.25) is 4.99 Å². The second kappa shape index (κ2) is 10.8. The molecule has 6 rings (SSSR count). The fraction of sp³-hybridized carbons (Fsp3) is 0.211. The molecule has 0 atom stereocenters. The van der Waals surface area contributed by atoms with Crippen LogP contribution >= 0.6 is 0 Å². The summed E-state index contributed by atoms with van der Waals surface area (Å²) in [6.07, 6.45) is 3.01. The molecule has 0 bridgehead atoms. The normalized spacial score (nSPS) is 12.2. The predicted molar refractivity (Wildman–Crippen MR) is 173 cm³/mol. The third-order valence-electron chi connectivity index (χ3n) is 7.57. The minimum Gasteiger partial charge on any atom is -0.436 e. The average molecular weight is 537 g/mol. The fourth-order valence-electron chi connectivity index (χ4n) is 5.36. The molecule has 6 aromatic rings. The standard InChI is InChI=1S/C38H36N2O/c1-25(2)21-26-17-19-28(20-18-26)33-22-30(38(3,4)5)23-35-36(33)40-37(41-35)32-15-8-9-16-34(32)39-24-29-13-10-12-27-11-6-7-14-31(27)29/h6-20,22-25H,21H2,1-5H3. The number of aromatic nitrogens is 1. The lowest BCUT2D eigenvalue weighted by molar-refractivity contribution is 0.584. The Bertz CT molecular complexity index is 1860. The first-order valence-corrected chi connectivity index (χ1v) is 14.4. The van der Waals surface area contributed by atoms with Gasteiger partial charge in [0.25, 0.3) is 0 Å². The molecule has 0 radical (unpaired) electrons. The third-order valence-corrected chi connectivity index (χ3v) is 7.57. The first-order chi connectivity index (χ1) is 19.8. The van der Waals surface area contributed by atoms with E-state index in [9.17, 15) is 0 Å². The molecule has 1 heterocycles. The molecule has 41 heavy (non-hydrogen) atoms. The SMILES string of the molecule is CC(C)Cc1ccc(-c2cc(C(C)(C)C)cc3oc(-c4ccccc4N=Cc4cccc5ccccc45)nc23)cc1. The maximum atomic E-state index is 6.51. The van der Waals surface area contributed by atoms with Gasteiger partial charge in [-0.1, -0.05) is 113 Å². The molecule has 3 nitrogen and oxygen atoms in total. The summed E-state index contributed by atoms with van der Waals surface area (Å²) in [7, 11) is 0. The molecule has 0 saturated carbocycles. The van der Waals surface area contributed by atoms with Crippen molar-refractivity contribution < 1.29 is 4.42 Å². The van der Waals surface area contributed by atoms with Crippen LogP contribution in [0.15, 0.2) is 113 Å². The van der Waals surface area contributed by atoms with Gasteiger partial charge in [-0.05, 0) is 69.5 Å². The van der Waals surface area contributed by atoms with Crippen molar-refractivity contribution in [2.45, 2.75) is 46.5 Å². The zero-order valence-electron chi connectivity index (χ0n) is 24.5. The molecule has 0 N–H and O–H groups in total. The second-order valence-electron chi connectivity index (χ2n) is 12.3. The Morgan fingerprint density at radius 3 is 2.32 bits per heavy atom. The van der Waals surface area contributed by atoms with Crippen LogP contribution in [0.3, 0.4) is 0 Å². The van der Waals surface area contributed by atoms with Crippen molar-refractivity contribution in [3.63, 3.8) is 0 Å². The van der Waals surface area contributed by atoms with Crippen molar-refractivity contribution in [2.75, 3.05) is 0 Å². The van der Waals surface area contributed by atoms with E-state index in [-0.39, 0.29) is 5.41 Å². The lowest BCUT2D eigenvalue weighted by atomic mass is 9.85. The summed E-state index contributed by atoms with van der Waals surface area (Å²) in [5, 5.41) is 2.37. The van der Waals surface area contributed by atoms with Crippen molar-refractivity contribution >= 4 is 33.8 Å². The topological polar surface area (TPSA) is 38.4 Å². The number of para-hydroxylation sites is 1. The van der Waals surface area contributed by atoms with Crippen LogP contribution < -0.4 is 0 Å². The maximum absolute atomic E-state index is 6.51. The van der Waals surface area contributed by atoms with Crippen LogP contribution in [0.4, 0.5) is 5.69 Å². The minimum atomic E-state index is -0.0336. The molecule has 0 aliphatic heterocycles. The Hall–Kier alpha value is -4.50. The van der Waals surface area contributed by atoms with Crippen LogP contribution in [0.1, 0.15) is 51.3 Å². The van der Waals surface area contributed by atoms with Gasteiger partial charge in [0.15, 0.2) is 5.58 Å². The number of nitrogens with zero attached hydrogens (tertiary/aromatic N) is 2. The van der Waals surface area contributed by atoms with E-state index in [1.165, 1.54) is 21.9 Å². The summed E-state index contributed by atoms with van der Waals surface area (Å²) in [6, 6.07) is 36.1. The lowest BCUT2D eigenvalue weighted by Gasteiger charge is -2.20. The van der Waals surface area contributed by atoms with E-state index in [1.807, 2.05) is 30.5 Å². The summed E-state index contributed by atoms with van der Waals surface area (Å²) >= 11 is 0. The molecule has 0 amide bonds. The van der Waals surface area contributed by atoms with Crippen LogP contribution in [-0.4, -0.2) is 11.2 Å². The number of hydrogen-bond donors (Lipinski definition) is 0. The maximum Gasteiger partial charge on any atom is 0.229 e. The van der Waals surface area contributed by atoms with E-state index >= 15 is 0 Å². The highest BCUT2D eigenvalue weighted by atomic mass is 16.3. The predicted octanol–water partition coefficient (Wildman–Crippen LogP) is 10.6. The van der Waals surface area contributed by atoms with E-state index in [1.54, 1.807) is 0 Å². The van der Waals surface area contributed by atoms with Gasteiger partial charge in [0.2, 0.25) is 5.89 Å². The zero-order valence-corrected chi connectivity index (χ0v) is 24.5. The van der Waals surface area contributed by atoms with Gasteiger partial charge in [-0.25, -0.2) is 4.98 Å². The average Bonchev–Trinajstić information content (AvgIpc) is 3.40. The fourth-order valence-corrected chi connectivity index (χ4v) is 5.36. The molecule has 0 unspecified atom stereocenters. The minimum absolute atomic E-state index is 0.0336. The number of benzene rings is 5. The molecule has 1 aromatic heterocycles. The van der Waals surface area contributed by atoms with Gasteiger partial charge < -0.3 is 4.42 Å². The molecule has 3 heteroatoms. The summed E-state index contributed by atoms with van der Waals surface area (Å²) < 4.78 is 6.51. The summed E-state index contributed by atoms with van der Waals surface area (Å²) in [5.41, 5.74) is 9.22. The van der Waals surface area contributed by atoms with Gasteiger partial charge in [-0.15, -0.1) is 0 Å². The van der Waals surface area contributed by atoms with Crippen molar-refractivity contribution in [2.24, 2.45) is 10.9 Å². The van der Waals surface area contributed by atoms with Gasteiger partial charge in [0.1, 0.15) is 5.52 Å². The Morgan fingerprint density at radius 1 is 0.805 bits per heavy atom. The number of hydrogen-bond acceptors (Lipinski definition) is 3. The van der Waals surface area contributed by atoms with Gasteiger partial charge in [-0.2, -0.15) is 0 Å². The monoisotopic (exact) mass is 536 g/mol. The molecule has 0 aliphatic carbocycles. The Balaban J connectivity index is 1.45. The van der Waals surface area contributed by atoms with E-state index < -0.39 is 0 Å². The summed E-state index contributed by atoms with van der Waals surface area (Å²) in [6.45, 7) is 11.2. The van der Waals surface area contributed by atoms with E-state index in [2.05, 4.69) is 113 Å².